The largest absolute Gasteiger partial charge is 0.490 e. The van der Waals surface area contributed by atoms with Gasteiger partial charge in [0.25, 0.3) is 11.1 Å². The number of hydrogen-bond acceptors (Lipinski definition) is 6. The molecule has 2 amide bonds. The van der Waals surface area contributed by atoms with E-state index in [1.165, 1.54) is 12.0 Å². The lowest BCUT2D eigenvalue weighted by atomic mass is 10.2. The van der Waals surface area contributed by atoms with E-state index in [1.54, 1.807) is 24.3 Å². The number of carbonyl (C=O) groups excluding carboxylic acids is 2. The molecular formula is C18H19NO5S. The van der Waals surface area contributed by atoms with Crippen molar-refractivity contribution in [1.29, 1.82) is 0 Å². The summed E-state index contributed by atoms with van der Waals surface area (Å²) >= 11 is 0.909. The summed E-state index contributed by atoms with van der Waals surface area (Å²) in [6.07, 6.45) is 6.86. The lowest BCUT2D eigenvalue weighted by Crippen LogP contribution is -2.31. The fraction of sp³-hybridized carbons (Fsp3) is 0.333. The SMILES string of the molecule is C#CCOc1ccc(/C=C2/SC(=O)N(CCOC)C2=O)cc1OCC. The van der Waals surface area contributed by atoms with Crippen LogP contribution in [0.5, 0.6) is 11.5 Å². The van der Waals surface area contributed by atoms with Gasteiger partial charge in [-0.1, -0.05) is 12.0 Å². The molecule has 1 heterocycles. The summed E-state index contributed by atoms with van der Waals surface area (Å²) in [5.74, 6) is 3.14. The molecular weight excluding hydrogens is 342 g/mol. The molecule has 132 valence electrons. The Hall–Kier alpha value is -2.43. The van der Waals surface area contributed by atoms with Crippen LogP contribution in [0.1, 0.15) is 12.5 Å². The van der Waals surface area contributed by atoms with Gasteiger partial charge in [0.15, 0.2) is 11.5 Å². The van der Waals surface area contributed by atoms with Crippen molar-refractivity contribution in [3.05, 3.63) is 28.7 Å². The number of methoxy groups -OCH3 is 1. The van der Waals surface area contributed by atoms with E-state index in [1.807, 2.05) is 6.92 Å². The van der Waals surface area contributed by atoms with E-state index >= 15 is 0 Å². The minimum atomic E-state index is -0.322. The Labute approximate surface area is 151 Å². The number of hydrogen-bond donors (Lipinski definition) is 0. The van der Waals surface area contributed by atoms with Crippen LogP contribution in [-0.4, -0.2) is 49.5 Å². The van der Waals surface area contributed by atoms with Gasteiger partial charge in [-0.3, -0.25) is 14.5 Å². The number of amides is 2. The highest BCUT2D eigenvalue weighted by Gasteiger charge is 2.34. The summed E-state index contributed by atoms with van der Waals surface area (Å²) in [5, 5.41) is -0.299. The van der Waals surface area contributed by atoms with Gasteiger partial charge in [-0.05, 0) is 42.5 Å². The first-order chi connectivity index (χ1) is 12.1. The monoisotopic (exact) mass is 361 g/mol. The number of ether oxygens (including phenoxy) is 3. The minimum absolute atomic E-state index is 0.137. The van der Waals surface area contributed by atoms with E-state index in [9.17, 15) is 9.59 Å². The van der Waals surface area contributed by atoms with Crippen LogP contribution in [0.3, 0.4) is 0 Å². The third kappa shape index (κ3) is 4.78. The quantitative estimate of drug-likeness (QED) is 0.524. The molecule has 0 atom stereocenters. The van der Waals surface area contributed by atoms with Gasteiger partial charge in [0.05, 0.1) is 24.7 Å². The molecule has 7 heteroatoms. The Morgan fingerprint density at radius 1 is 1.28 bits per heavy atom. The van der Waals surface area contributed by atoms with E-state index < -0.39 is 0 Å². The molecule has 1 aromatic rings. The fourth-order valence-corrected chi connectivity index (χ4v) is 3.01. The highest BCUT2D eigenvalue weighted by atomic mass is 32.2. The maximum Gasteiger partial charge on any atom is 0.293 e. The van der Waals surface area contributed by atoms with Crippen molar-refractivity contribution in [1.82, 2.24) is 4.90 Å². The van der Waals surface area contributed by atoms with Crippen LogP contribution in [0, 0.1) is 12.3 Å². The second-order valence-corrected chi connectivity index (χ2v) is 5.95. The number of thioether (sulfide) groups is 1. The molecule has 0 unspecified atom stereocenters. The van der Waals surface area contributed by atoms with E-state index in [0.717, 1.165) is 17.3 Å². The van der Waals surface area contributed by atoms with Gasteiger partial charge in [-0.2, -0.15) is 0 Å². The smallest absolute Gasteiger partial charge is 0.293 e. The third-order valence-electron chi connectivity index (χ3n) is 3.27. The zero-order valence-corrected chi connectivity index (χ0v) is 14.9. The Morgan fingerprint density at radius 3 is 2.76 bits per heavy atom. The topological polar surface area (TPSA) is 65.1 Å². The summed E-state index contributed by atoms with van der Waals surface area (Å²) in [5.41, 5.74) is 0.730. The second kappa shape index (κ2) is 9.16. The highest BCUT2D eigenvalue weighted by Crippen LogP contribution is 2.34. The first-order valence-corrected chi connectivity index (χ1v) is 8.49. The molecule has 6 nitrogen and oxygen atoms in total. The highest BCUT2D eigenvalue weighted by molar-refractivity contribution is 8.18. The summed E-state index contributed by atoms with van der Waals surface area (Å²) in [4.78, 5) is 25.8. The van der Waals surface area contributed by atoms with Crippen molar-refractivity contribution >= 4 is 29.0 Å². The third-order valence-corrected chi connectivity index (χ3v) is 4.18. The molecule has 25 heavy (non-hydrogen) atoms. The van der Waals surface area contributed by atoms with Gasteiger partial charge in [-0.15, -0.1) is 6.42 Å². The van der Waals surface area contributed by atoms with Crippen molar-refractivity contribution in [3.8, 4) is 23.8 Å². The zero-order chi connectivity index (χ0) is 18.2. The summed E-state index contributed by atoms with van der Waals surface area (Å²) in [6.45, 7) is 3.00. The molecule has 1 saturated heterocycles. The van der Waals surface area contributed by atoms with Gasteiger partial charge in [0.1, 0.15) is 6.61 Å². The van der Waals surface area contributed by atoms with E-state index in [4.69, 9.17) is 20.6 Å². The average molecular weight is 361 g/mol. The number of imide groups is 1. The van der Waals surface area contributed by atoms with Crippen LogP contribution in [0.2, 0.25) is 0 Å². The Bertz CT molecular complexity index is 723. The molecule has 1 aliphatic heterocycles. The van der Waals surface area contributed by atoms with Crippen molar-refractivity contribution in [3.63, 3.8) is 0 Å². The van der Waals surface area contributed by atoms with E-state index in [2.05, 4.69) is 5.92 Å². The Balaban J connectivity index is 2.22. The van der Waals surface area contributed by atoms with Crippen LogP contribution in [0.4, 0.5) is 4.79 Å². The van der Waals surface area contributed by atoms with Gasteiger partial charge < -0.3 is 14.2 Å². The maximum absolute atomic E-state index is 12.3. The minimum Gasteiger partial charge on any atom is -0.490 e. The Morgan fingerprint density at radius 2 is 2.08 bits per heavy atom. The molecule has 0 N–H and O–H groups in total. The molecule has 1 aliphatic rings. The van der Waals surface area contributed by atoms with Gasteiger partial charge >= 0.3 is 0 Å². The molecule has 2 rings (SSSR count). The van der Waals surface area contributed by atoms with E-state index in [0.29, 0.717) is 29.6 Å². The van der Waals surface area contributed by atoms with Crippen molar-refractivity contribution < 1.29 is 23.8 Å². The fourth-order valence-electron chi connectivity index (χ4n) is 2.15. The number of rotatable bonds is 8. The molecule has 0 saturated carbocycles. The normalized spacial score (nSPS) is 15.6. The number of terminal acetylenes is 1. The van der Waals surface area contributed by atoms with Gasteiger partial charge in [0.2, 0.25) is 0 Å². The van der Waals surface area contributed by atoms with Crippen LogP contribution < -0.4 is 9.47 Å². The molecule has 0 radical (unpaired) electrons. The molecule has 0 spiro atoms. The van der Waals surface area contributed by atoms with Crippen LogP contribution in [0.15, 0.2) is 23.1 Å². The summed E-state index contributed by atoms with van der Waals surface area (Å²) < 4.78 is 15.9. The van der Waals surface area contributed by atoms with Crippen molar-refractivity contribution in [2.75, 3.05) is 33.5 Å². The first-order valence-electron chi connectivity index (χ1n) is 7.68. The van der Waals surface area contributed by atoms with Gasteiger partial charge in [0, 0.05) is 7.11 Å². The van der Waals surface area contributed by atoms with Gasteiger partial charge in [-0.25, -0.2) is 0 Å². The molecule has 0 bridgehead atoms. The number of nitrogens with zero attached hydrogens (tertiary/aromatic N) is 1. The predicted octanol–water partition coefficient (Wildman–Crippen LogP) is 2.78. The van der Waals surface area contributed by atoms with Crippen LogP contribution in [0.25, 0.3) is 6.08 Å². The van der Waals surface area contributed by atoms with Crippen LogP contribution in [-0.2, 0) is 9.53 Å². The summed E-state index contributed by atoms with van der Waals surface area (Å²) in [7, 11) is 1.52. The molecule has 1 aromatic carbocycles. The Kier molecular flexibility index (Phi) is 6.92. The average Bonchev–Trinajstić information content (AvgIpc) is 2.86. The second-order valence-electron chi connectivity index (χ2n) is 4.96. The standard InChI is InChI=1S/C18H19NO5S/c1-4-9-24-14-7-6-13(11-15(14)23-5-2)12-16-17(20)19(8-10-22-3)18(21)25-16/h1,6-7,11-12H,5,8-10H2,2-3H3/b16-12+. The lowest BCUT2D eigenvalue weighted by molar-refractivity contribution is -0.123. The molecule has 0 aromatic heterocycles. The predicted molar refractivity (Wildman–Crippen MR) is 96.5 cm³/mol. The molecule has 1 fully saturated rings. The van der Waals surface area contributed by atoms with Crippen LogP contribution >= 0.6 is 11.8 Å². The van der Waals surface area contributed by atoms with Crippen molar-refractivity contribution in [2.45, 2.75) is 6.92 Å². The maximum atomic E-state index is 12.3. The number of carbonyl (C=O) groups is 2. The zero-order valence-electron chi connectivity index (χ0n) is 14.1. The van der Waals surface area contributed by atoms with E-state index in [-0.39, 0.29) is 24.3 Å². The summed E-state index contributed by atoms with van der Waals surface area (Å²) in [6, 6.07) is 5.25. The van der Waals surface area contributed by atoms with Crippen molar-refractivity contribution in [2.24, 2.45) is 0 Å². The number of benzene rings is 1. The first kappa shape index (κ1) is 18.9. The lowest BCUT2D eigenvalue weighted by Gasteiger charge is -2.11. The molecule has 0 aliphatic carbocycles.